The molecule has 2 N–H and O–H groups in total. The van der Waals surface area contributed by atoms with Gasteiger partial charge >= 0.3 is 12.0 Å². The average molecular weight is 500 g/mol. The van der Waals surface area contributed by atoms with E-state index in [0.717, 1.165) is 35.2 Å². The summed E-state index contributed by atoms with van der Waals surface area (Å²) < 4.78 is 5.35. The van der Waals surface area contributed by atoms with Crippen molar-refractivity contribution in [2.75, 3.05) is 13.2 Å². The minimum atomic E-state index is -0.684. The number of aromatic nitrogens is 1. The quantitative estimate of drug-likeness (QED) is 0.442. The number of benzene rings is 2. The van der Waals surface area contributed by atoms with Crippen LogP contribution in [0.1, 0.15) is 73.3 Å². The third-order valence-corrected chi connectivity index (χ3v) is 6.39. The van der Waals surface area contributed by atoms with Crippen molar-refractivity contribution in [3.05, 3.63) is 76.5 Å². The number of amides is 3. The molecule has 1 aliphatic carbocycles. The van der Waals surface area contributed by atoms with Crippen molar-refractivity contribution in [3.8, 4) is 0 Å². The van der Waals surface area contributed by atoms with Crippen LogP contribution in [0.25, 0.3) is 22.6 Å². The fraction of sp³-hybridized carbons (Fsp3) is 0.333. The van der Waals surface area contributed by atoms with E-state index in [2.05, 4.69) is 61.7 Å². The molecule has 4 rings (SSSR count). The van der Waals surface area contributed by atoms with Crippen molar-refractivity contribution in [3.63, 3.8) is 0 Å². The number of para-hydroxylation sites is 1. The topological polar surface area (TPSA) is 97.4 Å². The summed E-state index contributed by atoms with van der Waals surface area (Å²) in [4.78, 5) is 41.9. The Morgan fingerprint density at radius 2 is 1.76 bits per heavy atom. The van der Waals surface area contributed by atoms with Gasteiger partial charge in [0.2, 0.25) is 0 Å². The molecule has 0 aliphatic heterocycles. The standard InChI is InChI=1S/C30H33N3O4/c1-5-16-31-29(36)33-25(34)18-37-28(35)26-22-8-6-7-9-24(22)32-27-20(12-15-23(26)27)17-19-10-13-21(14-11-19)30(2,3)4/h6-11,13-14,17H,5,12,15-16,18H2,1-4H3,(H2,31,33,34,36). The maximum atomic E-state index is 13.2. The predicted octanol–water partition coefficient (Wildman–Crippen LogP) is 5.41. The molecule has 0 radical (unpaired) electrons. The van der Waals surface area contributed by atoms with Gasteiger partial charge in [0.25, 0.3) is 5.91 Å². The Hall–Kier alpha value is -4.00. The monoisotopic (exact) mass is 499 g/mol. The summed E-state index contributed by atoms with van der Waals surface area (Å²) in [5.74, 6) is -1.29. The Bertz CT molecular complexity index is 1370. The minimum Gasteiger partial charge on any atom is -0.452 e. The number of fused-ring (bicyclic) bond motifs is 2. The number of rotatable bonds is 6. The lowest BCUT2D eigenvalue weighted by molar-refractivity contribution is -0.123. The molecule has 1 aromatic heterocycles. The van der Waals surface area contributed by atoms with Crippen molar-refractivity contribution in [2.24, 2.45) is 0 Å². The normalized spacial score (nSPS) is 13.9. The third-order valence-electron chi connectivity index (χ3n) is 6.39. The summed E-state index contributed by atoms with van der Waals surface area (Å²) in [6.07, 6.45) is 4.26. The smallest absolute Gasteiger partial charge is 0.339 e. The number of hydrogen-bond donors (Lipinski definition) is 2. The van der Waals surface area contributed by atoms with E-state index in [1.165, 1.54) is 5.56 Å². The molecule has 7 nitrogen and oxygen atoms in total. The molecular formula is C30H33N3O4. The van der Waals surface area contributed by atoms with E-state index in [1.54, 1.807) is 0 Å². The van der Waals surface area contributed by atoms with Gasteiger partial charge in [-0.1, -0.05) is 70.2 Å². The van der Waals surface area contributed by atoms with E-state index < -0.39 is 24.5 Å². The minimum absolute atomic E-state index is 0.0809. The largest absolute Gasteiger partial charge is 0.452 e. The Labute approximate surface area is 217 Å². The van der Waals surface area contributed by atoms with Crippen LogP contribution in [0, 0.1) is 0 Å². The predicted molar refractivity (Wildman–Crippen MR) is 145 cm³/mol. The first-order chi connectivity index (χ1) is 17.7. The first kappa shape index (κ1) is 26.1. The van der Waals surface area contributed by atoms with Crippen LogP contribution in [0.5, 0.6) is 0 Å². The van der Waals surface area contributed by atoms with Gasteiger partial charge in [-0.25, -0.2) is 14.6 Å². The van der Waals surface area contributed by atoms with E-state index in [4.69, 9.17) is 9.72 Å². The van der Waals surface area contributed by atoms with Gasteiger partial charge in [-0.3, -0.25) is 10.1 Å². The Balaban J connectivity index is 1.60. The Morgan fingerprint density at radius 3 is 2.46 bits per heavy atom. The zero-order valence-electron chi connectivity index (χ0n) is 21.8. The van der Waals surface area contributed by atoms with Gasteiger partial charge in [-0.05, 0) is 59.1 Å². The SMILES string of the molecule is CCCNC(=O)NC(=O)COC(=O)c1c2c(nc3ccccc13)C(=Cc1ccc(C(C)(C)C)cc1)CC2. The second-order valence-electron chi connectivity index (χ2n) is 10.3. The van der Waals surface area contributed by atoms with Crippen molar-refractivity contribution < 1.29 is 19.1 Å². The molecule has 2 aromatic carbocycles. The van der Waals surface area contributed by atoms with Crippen molar-refractivity contribution in [2.45, 2.75) is 52.4 Å². The number of imide groups is 1. The molecular weight excluding hydrogens is 466 g/mol. The summed E-state index contributed by atoms with van der Waals surface area (Å²) in [5.41, 5.74) is 6.20. The molecule has 0 bridgehead atoms. The van der Waals surface area contributed by atoms with Gasteiger partial charge in [-0.2, -0.15) is 0 Å². The van der Waals surface area contributed by atoms with E-state index in [-0.39, 0.29) is 5.41 Å². The molecule has 0 saturated carbocycles. The molecule has 0 atom stereocenters. The number of carbonyl (C=O) groups excluding carboxylic acids is 3. The maximum absolute atomic E-state index is 13.2. The molecule has 3 aromatic rings. The lowest BCUT2D eigenvalue weighted by Crippen LogP contribution is -2.41. The van der Waals surface area contributed by atoms with Crippen LogP contribution in [0.15, 0.2) is 48.5 Å². The molecule has 192 valence electrons. The number of ether oxygens (including phenoxy) is 1. The van der Waals surface area contributed by atoms with E-state index >= 15 is 0 Å². The highest BCUT2D eigenvalue weighted by Crippen LogP contribution is 2.38. The number of urea groups is 1. The van der Waals surface area contributed by atoms with Gasteiger partial charge in [0.1, 0.15) is 0 Å². The summed E-state index contributed by atoms with van der Waals surface area (Å²) >= 11 is 0. The molecule has 1 heterocycles. The lowest BCUT2D eigenvalue weighted by atomic mass is 9.86. The van der Waals surface area contributed by atoms with Crippen molar-refractivity contribution in [1.82, 2.24) is 15.6 Å². The highest BCUT2D eigenvalue weighted by Gasteiger charge is 2.28. The molecule has 0 unspecified atom stereocenters. The molecule has 7 heteroatoms. The molecule has 0 fully saturated rings. The number of nitrogens with zero attached hydrogens (tertiary/aromatic N) is 1. The van der Waals surface area contributed by atoms with E-state index in [1.807, 2.05) is 31.2 Å². The number of esters is 1. The van der Waals surface area contributed by atoms with Crippen molar-refractivity contribution >= 4 is 40.5 Å². The van der Waals surface area contributed by atoms with Crippen LogP contribution in [0.3, 0.4) is 0 Å². The molecule has 0 saturated heterocycles. The Morgan fingerprint density at radius 1 is 1.03 bits per heavy atom. The zero-order valence-corrected chi connectivity index (χ0v) is 21.8. The van der Waals surface area contributed by atoms with E-state index in [0.29, 0.717) is 29.4 Å². The average Bonchev–Trinajstić information content (AvgIpc) is 3.26. The summed E-state index contributed by atoms with van der Waals surface area (Å²) in [6, 6.07) is 15.3. The summed E-state index contributed by atoms with van der Waals surface area (Å²) in [5, 5.41) is 5.40. The highest BCUT2D eigenvalue weighted by atomic mass is 16.5. The van der Waals surface area contributed by atoms with Crippen LogP contribution in [-0.2, 0) is 21.4 Å². The van der Waals surface area contributed by atoms with Crippen LogP contribution in [0.4, 0.5) is 4.79 Å². The lowest BCUT2D eigenvalue weighted by Gasteiger charge is -2.18. The van der Waals surface area contributed by atoms with Gasteiger partial charge in [0, 0.05) is 11.9 Å². The number of hydrogen-bond acceptors (Lipinski definition) is 5. The fourth-order valence-electron chi connectivity index (χ4n) is 4.44. The third kappa shape index (κ3) is 6.05. The number of nitrogens with one attached hydrogen (secondary N) is 2. The van der Waals surface area contributed by atoms with Crippen LogP contribution >= 0.6 is 0 Å². The van der Waals surface area contributed by atoms with Crippen LogP contribution < -0.4 is 10.6 Å². The zero-order chi connectivity index (χ0) is 26.6. The fourth-order valence-corrected chi connectivity index (χ4v) is 4.44. The summed E-state index contributed by atoms with van der Waals surface area (Å²) in [6.45, 7) is 8.37. The van der Waals surface area contributed by atoms with Crippen molar-refractivity contribution in [1.29, 1.82) is 0 Å². The maximum Gasteiger partial charge on any atom is 0.339 e. The van der Waals surface area contributed by atoms with Gasteiger partial charge in [0.15, 0.2) is 6.61 Å². The van der Waals surface area contributed by atoms with Gasteiger partial charge < -0.3 is 10.1 Å². The second-order valence-corrected chi connectivity index (χ2v) is 10.3. The molecule has 0 spiro atoms. The van der Waals surface area contributed by atoms with Crippen LogP contribution in [0.2, 0.25) is 0 Å². The Kier molecular flexibility index (Phi) is 7.71. The van der Waals surface area contributed by atoms with Gasteiger partial charge in [0.05, 0.1) is 16.8 Å². The summed E-state index contributed by atoms with van der Waals surface area (Å²) in [7, 11) is 0. The number of pyridine rings is 1. The number of carbonyl (C=O) groups is 3. The second kappa shape index (κ2) is 10.9. The molecule has 37 heavy (non-hydrogen) atoms. The first-order valence-electron chi connectivity index (χ1n) is 12.6. The van der Waals surface area contributed by atoms with E-state index in [9.17, 15) is 14.4 Å². The molecule has 1 aliphatic rings. The highest BCUT2D eigenvalue weighted by molar-refractivity contribution is 6.08. The molecule has 3 amide bonds. The van der Waals surface area contributed by atoms with Crippen LogP contribution in [-0.4, -0.2) is 36.0 Å². The first-order valence-corrected chi connectivity index (χ1v) is 12.6. The number of allylic oxidation sites excluding steroid dienone is 1. The van der Waals surface area contributed by atoms with Gasteiger partial charge in [-0.15, -0.1) is 0 Å².